The van der Waals surface area contributed by atoms with Gasteiger partial charge < -0.3 is 15.3 Å². The van der Waals surface area contributed by atoms with Gasteiger partial charge in [0.1, 0.15) is 0 Å². The Morgan fingerprint density at radius 3 is 1.92 bits per heavy atom. The second-order valence-corrected chi connectivity index (χ2v) is 7.05. The Labute approximate surface area is 151 Å². The van der Waals surface area contributed by atoms with Gasteiger partial charge in [0.15, 0.2) is 0 Å². The third-order valence-electron chi connectivity index (χ3n) is 5.26. The molecule has 3 heteroatoms. The van der Waals surface area contributed by atoms with E-state index in [1.165, 1.54) is 22.4 Å². The number of aryl methyl sites for hydroxylation is 1. The molecule has 0 aliphatic carbocycles. The summed E-state index contributed by atoms with van der Waals surface area (Å²) in [5.41, 5.74) is 5.34. The fourth-order valence-electron chi connectivity index (χ4n) is 3.44. The van der Waals surface area contributed by atoms with E-state index >= 15 is 0 Å². The van der Waals surface area contributed by atoms with Crippen molar-refractivity contribution in [2.24, 2.45) is 5.92 Å². The maximum atomic E-state index is 9.25. The lowest BCUT2D eigenvalue weighted by Crippen LogP contribution is -2.34. The summed E-state index contributed by atoms with van der Waals surface area (Å²) in [6, 6.07) is 17.8. The van der Waals surface area contributed by atoms with E-state index in [0.29, 0.717) is 12.5 Å². The molecule has 2 aromatic carbocycles. The van der Waals surface area contributed by atoms with Crippen molar-refractivity contribution >= 4 is 5.69 Å². The van der Waals surface area contributed by atoms with Gasteiger partial charge >= 0.3 is 0 Å². The van der Waals surface area contributed by atoms with E-state index in [2.05, 4.69) is 65.7 Å². The summed E-state index contributed by atoms with van der Waals surface area (Å²) in [5, 5.41) is 12.8. The number of nitrogens with one attached hydrogen (secondary N) is 1. The van der Waals surface area contributed by atoms with Gasteiger partial charge in [-0.1, -0.05) is 43.3 Å². The highest BCUT2D eigenvalue weighted by molar-refractivity contribution is 5.48. The Balaban J connectivity index is 1.46. The molecule has 0 saturated carbocycles. The first-order valence-corrected chi connectivity index (χ1v) is 9.51. The van der Waals surface area contributed by atoms with Crippen LogP contribution in [0.15, 0.2) is 48.5 Å². The summed E-state index contributed by atoms with van der Waals surface area (Å²) in [4.78, 5) is 2.43. The van der Waals surface area contributed by atoms with E-state index in [9.17, 15) is 5.11 Å². The van der Waals surface area contributed by atoms with Crippen LogP contribution in [0.25, 0.3) is 0 Å². The third-order valence-corrected chi connectivity index (χ3v) is 5.26. The number of aliphatic hydroxyl groups excluding tert-OH is 1. The van der Waals surface area contributed by atoms with Gasteiger partial charge in [0, 0.05) is 38.5 Å². The highest BCUT2D eigenvalue weighted by atomic mass is 16.3. The monoisotopic (exact) mass is 338 g/mol. The molecule has 3 rings (SSSR count). The molecular weight excluding hydrogens is 308 g/mol. The van der Waals surface area contributed by atoms with Gasteiger partial charge in [-0.15, -0.1) is 0 Å². The molecular formula is C22H30N2O. The van der Waals surface area contributed by atoms with E-state index < -0.39 is 0 Å². The molecule has 3 nitrogen and oxygen atoms in total. The van der Waals surface area contributed by atoms with Gasteiger partial charge in [-0.2, -0.15) is 0 Å². The predicted molar refractivity (Wildman–Crippen MR) is 105 cm³/mol. The van der Waals surface area contributed by atoms with Crippen LogP contribution in [0.4, 0.5) is 5.69 Å². The first-order chi connectivity index (χ1) is 12.3. The van der Waals surface area contributed by atoms with Crippen molar-refractivity contribution in [3.63, 3.8) is 0 Å². The number of anilines is 1. The molecule has 1 fully saturated rings. The second kappa shape index (κ2) is 9.02. The molecule has 0 atom stereocenters. The van der Waals surface area contributed by atoms with Crippen LogP contribution in [0.3, 0.4) is 0 Å². The number of benzene rings is 2. The Morgan fingerprint density at radius 1 is 0.880 bits per heavy atom. The molecule has 0 unspecified atom stereocenters. The normalized spacial score (nSPS) is 15.5. The van der Waals surface area contributed by atoms with Crippen LogP contribution in [-0.2, 0) is 19.5 Å². The van der Waals surface area contributed by atoms with Gasteiger partial charge in [0.05, 0.1) is 0 Å². The van der Waals surface area contributed by atoms with Gasteiger partial charge in [-0.3, -0.25) is 0 Å². The van der Waals surface area contributed by atoms with Crippen molar-refractivity contribution in [3.8, 4) is 0 Å². The van der Waals surface area contributed by atoms with Gasteiger partial charge in [-0.05, 0) is 54.0 Å². The highest BCUT2D eigenvalue weighted by Gasteiger charge is 2.18. The van der Waals surface area contributed by atoms with Crippen LogP contribution in [0.1, 0.15) is 36.5 Å². The molecule has 1 aliphatic rings. The van der Waals surface area contributed by atoms with Gasteiger partial charge in [-0.25, -0.2) is 0 Å². The lowest BCUT2D eigenvalue weighted by Gasteiger charge is -2.33. The molecule has 1 aliphatic heterocycles. The van der Waals surface area contributed by atoms with E-state index in [0.717, 1.165) is 45.4 Å². The number of piperidine rings is 1. The molecule has 0 bridgehead atoms. The SMILES string of the molecule is CCc1ccc(CNCc2ccc(N3CCC(CO)CC3)cc2)cc1. The minimum atomic E-state index is 0.333. The summed E-state index contributed by atoms with van der Waals surface area (Å²) < 4.78 is 0. The summed E-state index contributed by atoms with van der Waals surface area (Å²) in [6.45, 7) is 6.42. The maximum absolute atomic E-state index is 9.25. The van der Waals surface area contributed by atoms with Crippen molar-refractivity contribution in [1.82, 2.24) is 5.32 Å². The third kappa shape index (κ3) is 5.07. The Bertz CT molecular complexity index is 628. The molecule has 0 aromatic heterocycles. The van der Waals surface area contributed by atoms with Crippen molar-refractivity contribution in [2.75, 3.05) is 24.6 Å². The van der Waals surface area contributed by atoms with Crippen LogP contribution in [-0.4, -0.2) is 24.8 Å². The zero-order chi connectivity index (χ0) is 17.5. The summed E-state index contributed by atoms with van der Waals surface area (Å²) in [6.07, 6.45) is 3.28. The van der Waals surface area contributed by atoms with E-state index in [1.54, 1.807) is 0 Å². The van der Waals surface area contributed by atoms with E-state index in [1.807, 2.05) is 0 Å². The molecule has 1 saturated heterocycles. The van der Waals surface area contributed by atoms with E-state index in [4.69, 9.17) is 0 Å². The zero-order valence-electron chi connectivity index (χ0n) is 15.2. The summed E-state index contributed by atoms with van der Waals surface area (Å²) in [7, 11) is 0. The number of hydrogen-bond acceptors (Lipinski definition) is 3. The summed E-state index contributed by atoms with van der Waals surface area (Å²) in [5.74, 6) is 0.492. The minimum absolute atomic E-state index is 0.333. The number of rotatable bonds is 7. The standard InChI is InChI=1S/C22H30N2O/c1-2-18-3-5-19(6-4-18)15-23-16-20-7-9-22(10-8-20)24-13-11-21(17-25)12-14-24/h3-10,21,23,25H,2,11-17H2,1H3. The van der Waals surface area contributed by atoms with Crippen LogP contribution in [0.2, 0.25) is 0 Å². The number of hydrogen-bond donors (Lipinski definition) is 2. The summed E-state index contributed by atoms with van der Waals surface area (Å²) >= 11 is 0. The molecule has 1 heterocycles. The van der Waals surface area contributed by atoms with Crippen molar-refractivity contribution in [3.05, 3.63) is 65.2 Å². The highest BCUT2D eigenvalue weighted by Crippen LogP contribution is 2.23. The molecule has 0 spiro atoms. The molecule has 2 aromatic rings. The van der Waals surface area contributed by atoms with Crippen LogP contribution >= 0.6 is 0 Å². The van der Waals surface area contributed by atoms with E-state index in [-0.39, 0.29) is 0 Å². The lowest BCUT2D eigenvalue weighted by molar-refractivity contribution is 0.203. The molecule has 134 valence electrons. The first-order valence-electron chi connectivity index (χ1n) is 9.51. The quantitative estimate of drug-likeness (QED) is 0.807. The second-order valence-electron chi connectivity index (χ2n) is 7.05. The van der Waals surface area contributed by atoms with Crippen LogP contribution < -0.4 is 10.2 Å². The van der Waals surface area contributed by atoms with Gasteiger partial charge in [0.2, 0.25) is 0 Å². The Hall–Kier alpha value is -1.84. The molecule has 0 radical (unpaired) electrons. The Kier molecular flexibility index (Phi) is 6.48. The first kappa shape index (κ1) is 18.0. The fraction of sp³-hybridized carbons (Fsp3) is 0.455. The molecule has 25 heavy (non-hydrogen) atoms. The number of aliphatic hydroxyl groups is 1. The average Bonchev–Trinajstić information content (AvgIpc) is 2.69. The van der Waals surface area contributed by atoms with Crippen molar-refractivity contribution in [1.29, 1.82) is 0 Å². The smallest absolute Gasteiger partial charge is 0.0460 e. The minimum Gasteiger partial charge on any atom is -0.396 e. The van der Waals surface area contributed by atoms with Crippen LogP contribution in [0, 0.1) is 5.92 Å². The average molecular weight is 338 g/mol. The largest absolute Gasteiger partial charge is 0.396 e. The maximum Gasteiger partial charge on any atom is 0.0460 e. The predicted octanol–water partition coefficient (Wildman–Crippen LogP) is 3.75. The molecule has 0 amide bonds. The fourth-order valence-corrected chi connectivity index (χ4v) is 3.44. The van der Waals surface area contributed by atoms with Crippen molar-refractivity contribution < 1.29 is 5.11 Å². The zero-order valence-corrected chi connectivity index (χ0v) is 15.2. The van der Waals surface area contributed by atoms with Crippen LogP contribution in [0.5, 0.6) is 0 Å². The topological polar surface area (TPSA) is 35.5 Å². The lowest BCUT2D eigenvalue weighted by atomic mass is 9.97. The Morgan fingerprint density at radius 2 is 1.40 bits per heavy atom. The van der Waals surface area contributed by atoms with Crippen molar-refractivity contribution in [2.45, 2.75) is 39.3 Å². The molecule has 2 N–H and O–H groups in total. The van der Waals surface area contributed by atoms with Gasteiger partial charge in [0.25, 0.3) is 0 Å². The number of nitrogens with zero attached hydrogens (tertiary/aromatic N) is 1.